The molecule has 0 unspecified atom stereocenters. The van der Waals surface area contributed by atoms with Gasteiger partial charge in [-0.15, -0.1) is 0 Å². The number of aliphatic hydroxyl groups is 1. The van der Waals surface area contributed by atoms with Crippen molar-refractivity contribution >= 4 is 11.0 Å². The maximum absolute atomic E-state index is 8.56. The molecule has 0 aliphatic carbocycles. The number of hydrogen-bond acceptors (Lipinski definition) is 5. The van der Waals surface area contributed by atoms with Gasteiger partial charge in [-0.1, -0.05) is 0 Å². The number of nitrogens with one attached hydrogen (secondary N) is 2. The average molecular weight is 279 g/mol. The second kappa shape index (κ2) is 7.84. The molecule has 3 N–H and O–H groups in total. The minimum atomic E-state index is 0.0719. The highest BCUT2D eigenvalue weighted by molar-refractivity contribution is 5.76. The van der Waals surface area contributed by atoms with Crippen LogP contribution in [0.5, 0.6) is 5.75 Å². The van der Waals surface area contributed by atoms with E-state index in [9.17, 15) is 0 Å². The van der Waals surface area contributed by atoms with Crippen molar-refractivity contribution in [3.63, 3.8) is 0 Å². The second-order valence-electron chi connectivity index (χ2n) is 4.40. The fraction of sp³-hybridized carbons (Fsp3) is 0.500. The number of imidazole rings is 1. The van der Waals surface area contributed by atoms with E-state index in [1.54, 1.807) is 7.11 Å². The van der Waals surface area contributed by atoms with Crippen molar-refractivity contribution in [1.29, 1.82) is 0 Å². The van der Waals surface area contributed by atoms with Crippen molar-refractivity contribution in [1.82, 2.24) is 15.3 Å². The van der Waals surface area contributed by atoms with Gasteiger partial charge < -0.3 is 24.9 Å². The predicted octanol–water partition coefficient (Wildman–Crippen LogP) is 0.712. The molecule has 2 rings (SSSR count). The summed E-state index contributed by atoms with van der Waals surface area (Å²) in [4.78, 5) is 7.81. The maximum atomic E-state index is 8.56. The zero-order valence-corrected chi connectivity index (χ0v) is 11.7. The Balaban J connectivity index is 1.76. The largest absolute Gasteiger partial charge is 0.497 e. The van der Waals surface area contributed by atoms with Gasteiger partial charge in [0, 0.05) is 25.6 Å². The van der Waals surface area contributed by atoms with Crippen molar-refractivity contribution in [2.75, 3.05) is 40.0 Å². The minimum Gasteiger partial charge on any atom is -0.497 e. The number of benzene rings is 1. The Kier molecular flexibility index (Phi) is 5.79. The van der Waals surface area contributed by atoms with Gasteiger partial charge in [-0.25, -0.2) is 4.98 Å². The van der Waals surface area contributed by atoms with E-state index in [1.807, 2.05) is 18.2 Å². The highest BCUT2D eigenvalue weighted by atomic mass is 16.5. The van der Waals surface area contributed by atoms with E-state index in [0.29, 0.717) is 13.2 Å². The van der Waals surface area contributed by atoms with Crippen molar-refractivity contribution in [2.45, 2.75) is 6.42 Å². The molecule has 0 aliphatic heterocycles. The van der Waals surface area contributed by atoms with E-state index in [0.717, 1.165) is 42.1 Å². The van der Waals surface area contributed by atoms with Crippen LogP contribution in [0.4, 0.5) is 0 Å². The molecule has 110 valence electrons. The summed E-state index contributed by atoms with van der Waals surface area (Å²) in [5, 5.41) is 11.8. The van der Waals surface area contributed by atoms with Gasteiger partial charge >= 0.3 is 0 Å². The molecule has 1 heterocycles. The first-order valence-corrected chi connectivity index (χ1v) is 6.75. The smallest absolute Gasteiger partial charge is 0.121 e. The number of methoxy groups -OCH3 is 1. The highest BCUT2D eigenvalue weighted by Gasteiger charge is 2.03. The summed E-state index contributed by atoms with van der Waals surface area (Å²) in [6.07, 6.45) is 0.830. The normalized spacial score (nSPS) is 11.1. The van der Waals surface area contributed by atoms with E-state index in [2.05, 4.69) is 15.3 Å². The summed E-state index contributed by atoms with van der Waals surface area (Å²) in [7, 11) is 1.65. The first-order chi connectivity index (χ1) is 9.83. The first-order valence-electron chi connectivity index (χ1n) is 6.75. The fourth-order valence-electron chi connectivity index (χ4n) is 1.93. The summed E-state index contributed by atoms with van der Waals surface area (Å²) in [5.74, 6) is 1.78. The van der Waals surface area contributed by atoms with Crippen molar-refractivity contribution in [3.05, 3.63) is 24.0 Å². The Labute approximate surface area is 118 Å². The number of fused-ring (bicyclic) bond motifs is 1. The molecule has 6 nitrogen and oxygen atoms in total. The lowest BCUT2D eigenvalue weighted by molar-refractivity contribution is 0.0940. The summed E-state index contributed by atoms with van der Waals surface area (Å²) in [6.45, 7) is 2.68. The van der Waals surface area contributed by atoms with E-state index < -0.39 is 0 Å². The lowest BCUT2D eigenvalue weighted by Gasteiger charge is -2.03. The molecular formula is C14H21N3O3. The number of rotatable bonds is 9. The first kappa shape index (κ1) is 14.8. The zero-order valence-electron chi connectivity index (χ0n) is 11.7. The monoisotopic (exact) mass is 279 g/mol. The Morgan fingerprint density at radius 3 is 3.00 bits per heavy atom. The van der Waals surface area contributed by atoms with Crippen molar-refractivity contribution < 1.29 is 14.6 Å². The standard InChI is InChI=1S/C14H21N3O3/c1-19-11-2-3-12-13(10-11)17-14(16-12)4-5-15-6-8-20-9-7-18/h2-3,10,15,18H,4-9H2,1H3,(H,16,17). The molecule has 0 saturated heterocycles. The van der Waals surface area contributed by atoms with Gasteiger partial charge in [0.2, 0.25) is 0 Å². The molecule has 1 aromatic heterocycles. The third kappa shape index (κ3) is 4.19. The number of aliphatic hydroxyl groups excluding tert-OH is 1. The number of nitrogens with zero attached hydrogens (tertiary/aromatic N) is 1. The second-order valence-corrected chi connectivity index (χ2v) is 4.40. The molecule has 2 aromatic rings. The number of aromatic nitrogens is 2. The van der Waals surface area contributed by atoms with Gasteiger partial charge in [-0.2, -0.15) is 0 Å². The Morgan fingerprint density at radius 1 is 1.30 bits per heavy atom. The van der Waals surface area contributed by atoms with Gasteiger partial charge in [-0.3, -0.25) is 0 Å². The van der Waals surface area contributed by atoms with Gasteiger partial charge in [0.25, 0.3) is 0 Å². The van der Waals surface area contributed by atoms with Crippen LogP contribution < -0.4 is 10.1 Å². The number of hydrogen-bond donors (Lipinski definition) is 3. The number of ether oxygens (including phenoxy) is 2. The van der Waals surface area contributed by atoms with Gasteiger partial charge in [0.1, 0.15) is 11.6 Å². The van der Waals surface area contributed by atoms with Crippen LogP contribution in [0.3, 0.4) is 0 Å². The Bertz CT molecular complexity index is 527. The molecule has 0 saturated carbocycles. The van der Waals surface area contributed by atoms with Crippen LogP contribution in [-0.4, -0.2) is 55.1 Å². The summed E-state index contributed by atoms with van der Waals surface area (Å²) in [6, 6.07) is 5.80. The van der Waals surface area contributed by atoms with Crippen molar-refractivity contribution in [2.24, 2.45) is 0 Å². The van der Waals surface area contributed by atoms with Gasteiger partial charge in [-0.05, 0) is 12.1 Å². The topological polar surface area (TPSA) is 79.4 Å². The SMILES string of the molecule is COc1ccc2nc(CCNCCOCCO)[nH]c2c1. The van der Waals surface area contributed by atoms with E-state index >= 15 is 0 Å². The van der Waals surface area contributed by atoms with Crippen LogP contribution in [-0.2, 0) is 11.2 Å². The molecular weight excluding hydrogens is 258 g/mol. The molecule has 6 heteroatoms. The number of aromatic amines is 1. The van der Waals surface area contributed by atoms with Crippen LogP contribution in [0.2, 0.25) is 0 Å². The quantitative estimate of drug-likeness (QED) is 0.589. The van der Waals surface area contributed by atoms with Gasteiger partial charge in [0.05, 0.1) is 38.0 Å². The van der Waals surface area contributed by atoms with Crippen LogP contribution in [0.1, 0.15) is 5.82 Å². The Hall–Kier alpha value is -1.63. The summed E-state index contributed by atoms with van der Waals surface area (Å²) in [5.41, 5.74) is 1.94. The molecule has 0 spiro atoms. The van der Waals surface area contributed by atoms with Crippen LogP contribution in [0.25, 0.3) is 11.0 Å². The van der Waals surface area contributed by atoms with E-state index in [1.165, 1.54) is 0 Å². The summed E-state index contributed by atoms with van der Waals surface area (Å²) < 4.78 is 10.3. The lowest BCUT2D eigenvalue weighted by Crippen LogP contribution is -2.23. The molecule has 0 bridgehead atoms. The zero-order chi connectivity index (χ0) is 14.2. The third-order valence-corrected chi connectivity index (χ3v) is 2.94. The Morgan fingerprint density at radius 2 is 2.20 bits per heavy atom. The molecule has 1 aromatic carbocycles. The lowest BCUT2D eigenvalue weighted by atomic mass is 10.3. The molecule has 0 aliphatic rings. The molecule has 0 radical (unpaired) electrons. The van der Waals surface area contributed by atoms with Crippen molar-refractivity contribution in [3.8, 4) is 5.75 Å². The average Bonchev–Trinajstić information content (AvgIpc) is 2.87. The third-order valence-electron chi connectivity index (χ3n) is 2.94. The van der Waals surface area contributed by atoms with Crippen LogP contribution >= 0.6 is 0 Å². The van der Waals surface area contributed by atoms with E-state index in [4.69, 9.17) is 14.6 Å². The molecule has 0 atom stereocenters. The van der Waals surface area contributed by atoms with Gasteiger partial charge in [0.15, 0.2) is 0 Å². The molecule has 20 heavy (non-hydrogen) atoms. The molecule has 0 amide bonds. The maximum Gasteiger partial charge on any atom is 0.121 e. The van der Waals surface area contributed by atoms with E-state index in [-0.39, 0.29) is 6.61 Å². The number of H-pyrrole nitrogens is 1. The molecule has 0 fully saturated rings. The highest BCUT2D eigenvalue weighted by Crippen LogP contribution is 2.18. The summed E-state index contributed by atoms with van der Waals surface area (Å²) >= 11 is 0. The van der Waals surface area contributed by atoms with Crippen LogP contribution in [0.15, 0.2) is 18.2 Å². The predicted molar refractivity (Wildman–Crippen MR) is 77.1 cm³/mol. The van der Waals surface area contributed by atoms with Crippen LogP contribution in [0, 0.1) is 0 Å². The minimum absolute atomic E-state index is 0.0719. The fourth-order valence-corrected chi connectivity index (χ4v) is 1.93.